The molecule has 2 rings (SSSR count). The maximum absolute atomic E-state index is 12.8. The highest BCUT2D eigenvalue weighted by Crippen LogP contribution is 2.26. The normalized spacial score (nSPS) is 12.8. The fourth-order valence-electron chi connectivity index (χ4n) is 3.22. The number of nitrogens with zero attached hydrogens (tertiary/aromatic N) is 1. The number of methoxy groups -OCH3 is 1. The lowest BCUT2D eigenvalue weighted by Crippen LogP contribution is -2.17. The number of hydrogen-bond acceptors (Lipinski definition) is 8. The Hall–Kier alpha value is -3.20. The standard InChI is InChI=1S/C26H34N2O6S/c1-16(2)9-12-22-28-15-19(35-22)11-10-18(4)24(30)23-20(29)14-21(34-25(23)31)17(3)8-6-7-13-27-26(32)33-5/h7,10,13-17,29H,6,8-9,11-12H2,1-5H3,(H,27,32)/b13-7+,18-10-. The van der Waals surface area contributed by atoms with Gasteiger partial charge in [-0.25, -0.2) is 14.6 Å². The van der Waals surface area contributed by atoms with E-state index in [1.54, 1.807) is 30.4 Å². The molecule has 35 heavy (non-hydrogen) atoms. The monoisotopic (exact) mass is 502 g/mol. The predicted molar refractivity (Wildman–Crippen MR) is 136 cm³/mol. The Morgan fingerprint density at radius 3 is 2.69 bits per heavy atom. The molecule has 0 fully saturated rings. The molecule has 2 heterocycles. The lowest BCUT2D eigenvalue weighted by Gasteiger charge is -2.11. The van der Waals surface area contributed by atoms with Gasteiger partial charge in [0.15, 0.2) is 5.78 Å². The predicted octanol–water partition coefficient (Wildman–Crippen LogP) is 5.52. The highest BCUT2D eigenvalue weighted by Gasteiger charge is 2.22. The van der Waals surface area contributed by atoms with Crippen molar-refractivity contribution >= 4 is 23.2 Å². The van der Waals surface area contributed by atoms with Gasteiger partial charge in [0.1, 0.15) is 17.1 Å². The molecule has 8 nitrogen and oxygen atoms in total. The third kappa shape index (κ3) is 8.83. The molecule has 0 aromatic carbocycles. The minimum atomic E-state index is -0.860. The number of aryl methyl sites for hydroxylation is 1. The van der Waals surface area contributed by atoms with Crippen LogP contribution in [0.15, 0.2) is 45.4 Å². The third-order valence-electron chi connectivity index (χ3n) is 5.44. The lowest BCUT2D eigenvalue weighted by atomic mass is 9.99. The van der Waals surface area contributed by atoms with E-state index >= 15 is 0 Å². The number of allylic oxidation sites excluding steroid dienone is 3. The zero-order valence-corrected chi connectivity index (χ0v) is 21.7. The second kappa shape index (κ2) is 13.6. The molecule has 2 aromatic rings. The van der Waals surface area contributed by atoms with E-state index in [0.29, 0.717) is 36.5 Å². The van der Waals surface area contributed by atoms with E-state index in [4.69, 9.17) is 4.42 Å². The molecule has 0 aliphatic heterocycles. The largest absolute Gasteiger partial charge is 0.507 e. The van der Waals surface area contributed by atoms with Gasteiger partial charge in [-0.3, -0.25) is 10.1 Å². The molecule has 1 atom stereocenters. The van der Waals surface area contributed by atoms with Crippen molar-refractivity contribution in [1.82, 2.24) is 10.3 Å². The number of Topliss-reactive ketones (excluding diaryl/α,β-unsaturated/α-hetero) is 1. The highest BCUT2D eigenvalue weighted by molar-refractivity contribution is 7.11. The molecule has 0 aliphatic carbocycles. The fraction of sp³-hybridized carbons (Fsp3) is 0.462. The second-order valence-electron chi connectivity index (χ2n) is 8.79. The van der Waals surface area contributed by atoms with Gasteiger partial charge < -0.3 is 14.3 Å². The lowest BCUT2D eigenvalue weighted by molar-refractivity contribution is 0.102. The molecular weight excluding hydrogens is 468 g/mol. The van der Waals surface area contributed by atoms with Gasteiger partial charge >= 0.3 is 11.7 Å². The topological polar surface area (TPSA) is 119 Å². The van der Waals surface area contributed by atoms with Gasteiger partial charge in [-0.15, -0.1) is 11.3 Å². The van der Waals surface area contributed by atoms with Crippen molar-refractivity contribution in [3.63, 3.8) is 0 Å². The first kappa shape index (κ1) is 28.0. The molecule has 2 aromatic heterocycles. The van der Waals surface area contributed by atoms with Crippen LogP contribution in [0.3, 0.4) is 0 Å². The van der Waals surface area contributed by atoms with Crippen LogP contribution in [0.25, 0.3) is 0 Å². The first-order valence-electron chi connectivity index (χ1n) is 11.6. The Kier molecular flexibility index (Phi) is 10.9. The summed E-state index contributed by atoms with van der Waals surface area (Å²) in [7, 11) is 1.27. The van der Waals surface area contributed by atoms with E-state index in [2.05, 4.69) is 28.9 Å². The minimum absolute atomic E-state index is 0.187. The minimum Gasteiger partial charge on any atom is -0.507 e. The molecule has 2 N–H and O–H groups in total. The first-order chi connectivity index (χ1) is 16.6. The number of aromatic nitrogens is 1. The van der Waals surface area contributed by atoms with Crippen LogP contribution in [-0.2, 0) is 17.6 Å². The summed E-state index contributed by atoms with van der Waals surface area (Å²) in [6.07, 6.45) is 9.94. The number of nitrogens with one attached hydrogen (secondary N) is 1. The van der Waals surface area contributed by atoms with Gasteiger partial charge in [0, 0.05) is 35.7 Å². The molecule has 9 heteroatoms. The van der Waals surface area contributed by atoms with Gasteiger partial charge in [-0.05, 0) is 44.1 Å². The van der Waals surface area contributed by atoms with E-state index < -0.39 is 23.3 Å². The van der Waals surface area contributed by atoms with Crippen molar-refractivity contribution in [2.45, 2.75) is 65.7 Å². The zero-order chi connectivity index (χ0) is 26.0. The number of alkyl carbamates (subject to hydrolysis) is 1. The molecule has 1 amide bonds. The zero-order valence-electron chi connectivity index (χ0n) is 20.9. The number of carbonyl (C=O) groups is 2. The van der Waals surface area contributed by atoms with Crippen LogP contribution in [-0.4, -0.2) is 29.1 Å². The van der Waals surface area contributed by atoms with Crippen LogP contribution in [0.5, 0.6) is 5.75 Å². The molecule has 0 spiro atoms. The molecule has 1 unspecified atom stereocenters. The maximum Gasteiger partial charge on any atom is 0.410 e. The van der Waals surface area contributed by atoms with E-state index in [-0.39, 0.29) is 11.5 Å². The smallest absolute Gasteiger partial charge is 0.410 e. The summed E-state index contributed by atoms with van der Waals surface area (Å²) in [5.41, 5.74) is -0.867. The maximum atomic E-state index is 12.8. The fourth-order valence-corrected chi connectivity index (χ4v) is 4.12. The Morgan fingerprint density at radius 1 is 1.29 bits per heavy atom. The Balaban J connectivity index is 2.02. The van der Waals surface area contributed by atoms with Crippen molar-refractivity contribution in [3.05, 3.63) is 67.8 Å². The Bertz CT molecular complexity index is 1130. The van der Waals surface area contributed by atoms with Crippen LogP contribution in [0.1, 0.15) is 78.9 Å². The molecular formula is C26H34N2O6S. The number of ether oxygens (including phenoxy) is 1. The van der Waals surface area contributed by atoms with Crippen LogP contribution >= 0.6 is 11.3 Å². The highest BCUT2D eigenvalue weighted by atomic mass is 32.1. The SMILES string of the molecule is COC(=O)N/C=C/CCC(C)c1cc(O)c(C(=O)/C(C)=C\Cc2cnc(CCC(C)C)s2)c(=O)o1. The van der Waals surface area contributed by atoms with Crippen molar-refractivity contribution in [2.75, 3.05) is 7.11 Å². The van der Waals surface area contributed by atoms with Crippen molar-refractivity contribution in [3.8, 4) is 5.75 Å². The number of hydrogen-bond donors (Lipinski definition) is 2. The van der Waals surface area contributed by atoms with Gasteiger partial charge in [-0.2, -0.15) is 0 Å². The summed E-state index contributed by atoms with van der Waals surface area (Å²) in [6.45, 7) is 7.82. The van der Waals surface area contributed by atoms with Gasteiger partial charge in [-0.1, -0.05) is 32.9 Å². The molecule has 0 saturated carbocycles. The van der Waals surface area contributed by atoms with Gasteiger partial charge in [0.2, 0.25) is 0 Å². The van der Waals surface area contributed by atoms with Crippen LogP contribution in [0.4, 0.5) is 4.79 Å². The van der Waals surface area contributed by atoms with Gasteiger partial charge in [0.05, 0.1) is 12.1 Å². The Labute approximate surface area is 209 Å². The number of aromatic hydroxyl groups is 1. The summed E-state index contributed by atoms with van der Waals surface area (Å²) in [4.78, 5) is 41.9. The van der Waals surface area contributed by atoms with E-state index in [0.717, 1.165) is 22.7 Å². The molecule has 0 aliphatic rings. The third-order valence-corrected chi connectivity index (χ3v) is 6.52. The number of thiazole rings is 1. The number of carbonyl (C=O) groups excluding carboxylic acids is 2. The number of rotatable bonds is 12. The summed E-state index contributed by atoms with van der Waals surface area (Å²) in [5.74, 6) is -0.232. The number of amides is 1. The van der Waals surface area contributed by atoms with Crippen LogP contribution < -0.4 is 10.9 Å². The van der Waals surface area contributed by atoms with E-state index in [1.165, 1.54) is 19.4 Å². The second-order valence-corrected chi connectivity index (χ2v) is 9.99. The quantitative estimate of drug-likeness (QED) is 0.290. The van der Waals surface area contributed by atoms with E-state index in [9.17, 15) is 19.5 Å². The average Bonchev–Trinajstić information content (AvgIpc) is 3.27. The van der Waals surface area contributed by atoms with Crippen molar-refractivity contribution in [2.24, 2.45) is 5.92 Å². The number of ketones is 1. The molecule has 190 valence electrons. The summed E-state index contributed by atoms with van der Waals surface area (Å²) >= 11 is 1.62. The summed E-state index contributed by atoms with van der Waals surface area (Å²) < 4.78 is 9.82. The Morgan fingerprint density at radius 2 is 2.03 bits per heavy atom. The van der Waals surface area contributed by atoms with Crippen molar-refractivity contribution < 1.29 is 23.8 Å². The van der Waals surface area contributed by atoms with Gasteiger partial charge in [0.25, 0.3) is 0 Å². The van der Waals surface area contributed by atoms with E-state index in [1.807, 2.05) is 13.1 Å². The average molecular weight is 503 g/mol. The van der Waals surface area contributed by atoms with Crippen LogP contribution in [0.2, 0.25) is 0 Å². The molecule has 0 saturated heterocycles. The molecule has 0 radical (unpaired) electrons. The first-order valence-corrected chi connectivity index (χ1v) is 12.5. The molecule has 0 bridgehead atoms. The summed E-state index contributed by atoms with van der Waals surface area (Å²) in [5, 5.41) is 13.9. The summed E-state index contributed by atoms with van der Waals surface area (Å²) in [6, 6.07) is 1.33. The van der Waals surface area contributed by atoms with Crippen molar-refractivity contribution in [1.29, 1.82) is 0 Å². The van der Waals surface area contributed by atoms with Crippen LogP contribution in [0, 0.1) is 5.92 Å².